The first-order valence-electron chi connectivity index (χ1n) is 6.75. The van der Waals surface area contributed by atoms with E-state index in [1.165, 1.54) is 12.4 Å². The Bertz CT molecular complexity index is 875. The van der Waals surface area contributed by atoms with Crippen LogP contribution < -0.4 is 10.1 Å². The number of aromatic nitrogens is 3. The number of benzene rings is 1. The molecule has 0 radical (unpaired) electrons. The maximum absolute atomic E-state index is 14.4. The van der Waals surface area contributed by atoms with E-state index in [0.29, 0.717) is 28.6 Å². The summed E-state index contributed by atoms with van der Waals surface area (Å²) in [6, 6.07) is 6.43. The van der Waals surface area contributed by atoms with Crippen LogP contribution in [0.25, 0.3) is 11.0 Å². The molecule has 0 atom stereocenters. The first kappa shape index (κ1) is 15.7. The topological polar surface area (TPSA) is 59.9 Å². The van der Waals surface area contributed by atoms with Crippen molar-refractivity contribution in [2.45, 2.75) is 6.92 Å². The summed E-state index contributed by atoms with van der Waals surface area (Å²) >= 11 is 11.9. The number of hydrogen-bond acceptors (Lipinski definition) is 5. The van der Waals surface area contributed by atoms with Gasteiger partial charge < -0.3 is 10.1 Å². The van der Waals surface area contributed by atoms with Gasteiger partial charge in [-0.1, -0.05) is 23.2 Å². The molecule has 0 spiro atoms. The average Bonchev–Trinajstić information content (AvgIpc) is 2.55. The van der Waals surface area contributed by atoms with Gasteiger partial charge in [0.2, 0.25) is 0 Å². The van der Waals surface area contributed by atoms with Crippen molar-refractivity contribution in [2.24, 2.45) is 0 Å². The number of nitrogens with one attached hydrogen (secondary N) is 1. The van der Waals surface area contributed by atoms with Crippen molar-refractivity contribution < 1.29 is 9.13 Å². The molecule has 5 nitrogen and oxygen atoms in total. The Morgan fingerprint density at radius 2 is 2.00 bits per heavy atom. The van der Waals surface area contributed by atoms with Crippen LogP contribution >= 0.6 is 23.2 Å². The zero-order valence-electron chi connectivity index (χ0n) is 12.0. The van der Waals surface area contributed by atoms with Crippen LogP contribution in [0.1, 0.15) is 6.92 Å². The smallest absolute Gasteiger partial charge is 0.169 e. The highest BCUT2D eigenvalue weighted by Crippen LogP contribution is 2.34. The van der Waals surface area contributed by atoms with E-state index in [2.05, 4.69) is 20.3 Å². The number of rotatable bonds is 4. The number of fused-ring (bicyclic) bond motifs is 1. The first-order chi connectivity index (χ1) is 11.1. The monoisotopic (exact) mass is 352 g/mol. The number of halogens is 3. The summed E-state index contributed by atoms with van der Waals surface area (Å²) in [7, 11) is 0. The van der Waals surface area contributed by atoms with Crippen LogP contribution in [0.3, 0.4) is 0 Å². The van der Waals surface area contributed by atoms with E-state index in [4.69, 9.17) is 27.9 Å². The SMILES string of the molecule is CCOc1ccc(Nc2ncnc3ccc(Cl)nc23)c(F)c1Cl. The normalized spacial score (nSPS) is 10.8. The number of ether oxygens (including phenoxy) is 1. The number of anilines is 2. The molecule has 1 N–H and O–H groups in total. The summed E-state index contributed by atoms with van der Waals surface area (Å²) in [5.74, 6) is -0.0195. The highest BCUT2D eigenvalue weighted by atomic mass is 35.5. The molecule has 3 rings (SSSR count). The molecule has 2 aromatic heterocycles. The Morgan fingerprint density at radius 3 is 2.78 bits per heavy atom. The molecular weight excluding hydrogens is 342 g/mol. The molecule has 2 heterocycles. The van der Waals surface area contributed by atoms with E-state index < -0.39 is 5.82 Å². The van der Waals surface area contributed by atoms with Crippen molar-refractivity contribution in [3.8, 4) is 5.75 Å². The van der Waals surface area contributed by atoms with Gasteiger partial charge in [-0.2, -0.15) is 0 Å². The largest absolute Gasteiger partial charge is 0.492 e. The molecule has 3 aromatic rings. The maximum atomic E-state index is 14.4. The fourth-order valence-electron chi connectivity index (χ4n) is 2.03. The summed E-state index contributed by atoms with van der Waals surface area (Å²) in [6.45, 7) is 2.19. The molecule has 118 valence electrons. The van der Waals surface area contributed by atoms with Gasteiger partial charge in [-0.05, 0) is 31.2 Å². The summed E-state index contributed by atoms with van der Waals surface area (Å²) in [4.78, 5) is 12.3. The Hall–Kier alpha value is -2.18. The number of hydrogen-bond donors (Lipinski definition) is 1. The standard InChI is InChI=1S/C15H11Cl2FN4O/c1-2-23-10-5-3-8(13(18)12(10)17)21-15-14-9(19-7-20-15)4-6-11(16)22-14/h3-7H,2H2,1H3,(H,19,20,21). The summed E-state index contributed by atoms with van der Waals surface area (Å²) in [6.07, 6.45) is 1.36. The molecule has 23 heavy (non-hydrogen) atoms. The van der Waals surface area contributed by atoms with Crippen molar-refractivity contribution in [3.63, 3.8) is 0 Å². The van der Waals surface area contributed by atoms with Gasteiger partial charge in [-0.3, -0.25) is 0 Å². The van der Waals surface area contributed by atoms with Crippen LogP contribution in [0, 0.1) is 5.82 Å². The van der Waals surface area contributed by atoms with E-state index >= 15 is 0 Å². The number of pyridine rings is 1. The lowest BCUT2D eigenvalue weighted by atomic mass is 10.2. The van der Waals surface area contributed by atoms with Crippen LogP contribution in [0.5, 0.6) is 5.75 Å². The molecule has 0 saturated heterocycles. The molecule has 0 bridgehead atoms. The lowest BCUT2D eigenvalue weighted by molar-refractivity contribution is 0.338. The Morgan fingerprint density at radius 1 is 1.17 bits per heavy atom. The molecule has 0 unspecified atom stereocenters. The Kier molecular flexibility index (Phi) is 4.45. The fourth-order valence-corrected chi connectivity index (χ4v) is 2.40. The molecule has 0 aliphatic heterocycles. The summed E-state index contributed by atoms with van der Waals surface area (Å²) in [5, 5.41) is 3.06. The minimum atomic E-state index is -0.633. The lowest BCUT2D eigenvalue weighted by Crippen LogP contribution is -2.01. The predicted octanol–water partition coefficient (Wildman–Crippen LogP) is 4.61. The van der Waals surface area contributed by atoms with Gasteiger partial charge in [0.05, 0.1) is 17.8 Å². The second kappa shape index (κ2) is 6.52. The van der Waals surface area contributed by atoms with Gasteiger partial charge in [0.1, 0.15) is 27.8 Å². The number of nitrogens with zero attached hydrogens (tertiary/aromatic N) is 3. The molecule has 0 aliphatic carbocycles. The third-order valence-corrected chi connectivity index (χ3v) is 3.61. The molecule has 1 aromatic carbocycles. The maximum Gasteiger partial charge on any atom is 0.169 e. The zero-order chi connectivity index (χ0) is 16.4. The summed E-state index contributed by atoms with van der Waals surface area (Å²) < 4.78 is 19.6. The van der Waals surface area contributed by atoms with E-state index in [1.54, 1.807) is 25.1 Å². The van der Waals surface area contributed by atoms with Crippen LogP contribution in [0.4, 0.5) is 15.9 Å². The zero-order valence-corrected chi connectivity index (χ0v) is 13.5. The van der Waals surface area contributed by atoms with Gasteiger partial charge in [0.15, 0.2) is 11.6 Å². The predicted molar refractivity (Wildman–Crippen MR) is 88.2 cm³/mol. The molecule has 0 fully saturated rings. The van der Waals surface area contributed by atoms with Crippen LogP contribution in [0.15, 0.2) is 30.6 Å². The van der Waals surface area contributed by atoms with Crippen molar-refractivity contribution in [2.75, 3.05) is 11.9 Å². The minimum absolute atomic E-state index is 0.0961. The highest BCUT2D eigenvalue weighted by Gasteiger charge is 2.15. The third kappa shape index (κ3) is 3.13. The Labute approximate surface area is 141 Å². The quantitative estimate of drug-likeness (QED) is 0.694. The molecular formula is C15H11Cl2FN4O. The second-order valence-electron chi connectivity index (χ2n) is 4.52. The molecule has 0 aliphatic rings. The molecule has 8 heteroatoms. The summed E-state index contributed by atoms with van der Waals surface area (Å²) in [5.41, 5.74) is 1.17. The van der Waals surface area contributed by atoms with Crippen LogP contribution in [0.2, 0.25) is 10.2 Å². The van der Waals surface area contributed by atoms with E-state index in [-0.39, 0.29) is 16.5 Å². The molecule has 0 saturated carbocycles. The van der Waals surface area contributed by atoms with Gasteiger partial charge in [-0.15, -0.1) is 0 Å². The minimum Gasteiger partial charge on any atom is -0.492 e. The fraction of sp³-hybridized carbons (Fsp3) is 0.133. The van der Waals surface area contributed by atoms with Gasteiger partial charge >= 0.3 is 0 Å². The van der Waals surface area contributed by atoms with Gasteiger partial charge in [0, 0.05) is 0 Å². The van der Waals surface area contributed by atoms with Gasteiger partial charge in [-0.25, -0.2) is 19.3 Å². The van der Waals surface area contributed by atoms with Crippen molar-refractivity contribution in [3.05, 3.63) is 46.6 Å². The van der Waals surface area contributed by atoms with Crippen LogP contribution in [-0.2, 0) is 0 Å². The van der Waals surface area contributed by atoms with Gasteiger partial charge in [0.25, 0.3) is 0 Å². The van der Waals surface area contributed by atoms with E-state index in [0.717, 1.165) is 0 Å². The first-order valence-corrected chi connectivity index (χ1v) is 7.50. The second-order valence-corrected chi connectivity index (χ2v) is 5.29. The lowest BCUT2D eigenvalue weighted by Gasteiger charge is -2.12. The Balaban J connectivity index is 2.03. The third-order valence-electron chi connectivity index (χ3n) is 3.05. The van der Waals surface area contributed by atoms with E-state index in [1.807, 2.05) is 0 Å². The van der Waals surface area contributed by atoms with Crippen LogP contribution in [-0.4, -0.2) is 21.6 Å². The van der Waals surface area contributed by atoms with E-state index in [9.17, 15) is 4.39 Å². The van der Waals surface area contributed by atoms with Crippen molar-refractivity contribution >= 4 is 45.7 Å². The average molecular weight is 353 g/mol. The molecule has 0 amide bonds. The van der Waals surface area contributed by atoms with Crippen molar-refractivity contribution in [1.82, 2.24) is 15.0 Å². The van der Waals surface area contributed by atoms with Crippen molar-refractivity contribution in [1.29, 1.82) is 0 Å². The highest BCUT2D eigenvalue weighted by molar-refractivity contribution is 6.32.